The van der Waals surface area contributed by atoms with Crippen LogP contribution in [-0.4, -0.2) is 25.8 Å². The number of hydrogen-bond donors (Lipinski definition) is 0. The Balaban J connectivity index is 0.00000306. The molecule has 3 aromatic rings. The van der Waals surface area contributed by atoms with Crippen molar-refractivity contribution in [2.75, 3.05) is 25.0 Å². The molecule has 0 unspecified atom stereocenters. The number of anilines is 1. The summed E-state index contributed by atoms with van der Waals surface area (Å²) in [5.41, 5.74) is 4.63. The molecule has 0 spiro atoms. The Morgan fingerprint density at radius 2 is 1.82 bits per heavy atom. The Bertz CT molecular complexity index is 1210. The quantitative estimate of drug-likeness (QED) is 0.301. The summed E-state index contributed by atoms with van der Waals surface area (Å²) in [6.45, 7) is 1.37. The van der Waals surface area contributed by atoms with Crippen LogP contribution in [0.3, 0.4) is 0 Å². The number of likely N-dealkylation sites (N-methyl/N-ethyl adjacent to an activating group) is 1. The van der Waals surface area contributed by atoms with Crippen LogP contribution in [0.4, 0.5) is 10.1 Å². The molecule has 1 aliphatic heterocycles. The third-order valence-electron chi connectivity index (χ3n) is 5.15. The Morgan fingerprint density at radius 3 is 2.61 bits per heavy atom. The minimum atomic E-state index is -0.253. The molecule has 0 atom stereocenters. The summed E-state index contributed by atoms with van der Waals surface area (Å²) in [5, 5.41) is 1.76. The van der Waals surface area contributed by atoms with Gasteiger partial charge in [-0.15, -0.1) is 24.2 Å². The van der Waals surface area contributed by atoms with Crippen LogP contribution in [-0.2, 0) is 5.75 Å². The van der Waals surface area contributed by atoms with Crippen LogP contribution < -0.4 is 4.90 Å². The van der Waals surface area contributed by atoms with Gasteiger partial charge >= 0.3 is 0 Å². The van der Waals surface area contributed by atoms with E-state index in [1.54, 1.807) is 30.0 Å². The second-order valence-electron chi connectivity index (χ2n) is 7.38. The summed E-state index contributed by atoms with van der Waals surface area (Å²) in [6, 6.07) is 16.3. The molecule has 0 saturated carbocycles. The molecule has 1 heterocycles. The smallest absolute Gasteiger partial charge is 0.125 e. The second-order valence-corrected chi connectivity index (χ2v) is 9.59. The molecule has 0 N–H and O–H groups in total. The van der Waals surface area contributed by atoms with Gasteiger partial charge in [-0.3, -0.25) is 4.99 Å². The third kappa shape index (κ3) is 6.26. The van der Waals surface area contributed by atoms with Crippen molar-refractivity contribution in [1.82, 2.24) is 0 Å². The van der Waals surface area contributed by atoms with Crippen molar-refractivity contribution in [3.63, 3.8) is 0 Å². The Kier molecular flexibility index (Phi) is 9.14. The number of thioether (sulfide) groups is 1. The molecule has 0 saturated heterocycles. The number of hydrogen-bond acceptors (Lipinski definition) is 3. The van der Waals surface area contributed by atoms with Gasteiger partial charge in [0.2, 0.25) is 0 Å². The van der Waals surface area contributed by atoms with E-state index >= 15 is 0 Å². The third-order valence-corrected chi connectivity index (χ3v) is 7.54. The molecular weight excluding hydrogens is 521 g/mol. The zero-order valence-electron chi connectivity index (χ0n) is 17.7. The number of allylic oxidation sites excluding steroid dienone is 1. The average molecular weight is 542 g/mol. The largest absolute Gasteiger partial charge is 0.372 e. The predicted molar refractivity (Wildman–Crippen MR) is 145 cm³/mol. The van der Waals surface area contributed by atoms with Gasteiger partial charge in [0, 0.05) is 35.5 Å². The van der Waals surface area contributed by atoms with E-state index < -0.39 is 0 Å². The van der Waals surface area contributed by atoms with Crippen molar-refractivity contribution >= 4 is 76.4 Å². The molecule has 0 aromatic heterocycles. The summed E-state index contributed by atoms with van der Waals surface area (Å²) in [7, 11) is 1.95. The molecule has 0 fully saturated rings. The minimum absolute atomic E-state index is 0. The molecule has 0 amide bonds. The molecule has 0 radical (unpaired) electrons. The number of benzene rings is 3. The molecule has 0 bridgehead atoms. The number of benzodiazepines with no additional fused rings is 1. The number of rotatable bonds is 5. The van der Waals surface area contributed by atoms with Crippen molar-refractivity contribution < 1.29 is 4.39 Å². The van der Waals surface area contributed by atoms with Crippen molar-refractivity contribution in [2.24, 2.45) is 4.99 Å². The lowest BCUT2D eigenvalue weighted by Crippen LogP contribution is -2.20. The molecule has 4 rings (SSSR count). The first kappa shape index (κ1) is 25.9. The summed E-state index contributed by atoms with van der Waals surface area (Å²) >= 11 is 20.3. The number of halogens is 5. The predicted octanol–water partition coefficient (Wildman–Crippen LogP) is 8.45. The van der Waals surface area contributed by atoms with E-state index in [9.17, 15) is 4.39 Å². The van der Waals surface area contributed by atoms with Crippen LogP contribution >= 0.6 is 59.0 Å². The van der Waals surface area contributed by atoms with Gasteiger partial charge in [0.1, 0.15) is 5.82 Å². The van der Waals surface area contributed by atoms with Gasteiger partial charge in [-0.05, 0) is 53.6 Å². The summed E-state index contributed by atoms with van der Waals surface area (Å²) < 4.78 is 13.8. The van der Waals surface area contributed by atoms with Gasteiger partial charge in [0.15, 0.2) is 0 Å². The van der Waals surface area contributed by atoms with Crippen LogP contribution in [0, 0.1) is 5.82 Å². The maximum absolute atomic E-state index is 13.8. The molecule has 2 nitrogen and oxygen atoms in total. The first-order valence-corrected chi connectivity index (χ1v) is 12.1. The number of nitrogens with zero attached hydrogens (tertiary/aromatic N) is 2. The molecular formula is C25H21Cl4FN2S. The van der Waals surface area contributed by atoms with Gasteiger partial charge < -0.3 is 4.90 Å². The standard InChI is InChI=1S/C25H20Cl3FN2S.ClH/c1-31-12-11-30-23(19-8-7-18(29)14-24(19)31)10-6-17-3-2-4-21(27)25(17)32-15-16-5-9-20(26)22(28)13-16;/h2-10,13-14H,11-12,15H2,1H3;1H/b10-6+;. The molecule has 172 valence electrons. The lowest BCUT2D eigenvalue weighted by molar-refractivity contribution is 0.627. The molecule has 8 heteroatoms. The molecule has 3 aromatic carbocycles. The summed E-state index contributed by atoms with van der Waals surface area (Å²) in [6.07, 6.45) is 3.99. The molecule has 33 heavy (non-hydrogen) atoms. The van der Waals surface area contributed by atoms with Crippen molar-refractivity contribution in [3.05, 3.63) is 98.2 Å². The second kappa shape index (κ2) is 11.6. The lowest BCUT2D eigenvalue weighted by atomic mass is 10.1. The van der Waals surface area contributed by atoms with E-state index in [1.807, 2.05) is 54.4 Å². The number of aliphatic imine (C=N–C) groups is 1. The zero-order valence-corrected chi connectivity index (χ0v) is 21.6. The zero-order chi connectivity index (χ0) is 22.7. The van der Waals surface area contributed by atoms with Crippen molar-refractivity contribution in [3.8, 4) is 0 Å². The SMILES string of the molecule is CN1CCN=C(/C=C/c2cccc(Cl)c2SCc2ccc(Cl)c(Cl)c2)c2ccc(F)cc21.Cl. The maximum atomic E-state index is 13.8. The van der Waals surface area contributed by atoms with Crippen LogP contribution in [0.25, 0.3) is 6.08 Å². The van der Waals surface area contributed by atoms with E-state index in [0.717, 1.165) is 39.5 Å². The Labute approximate surface area is 218 Å². The van der Waals surface area contributed by atoms with E-state index in [2.05, 4.69) is 0 Å². The molecule has 0 aliphatic carbocycles. The van der Waals surface area contributed by atoms with Gasteiger partial charge in [0.25, 0.3) is 0 Å². The van der Waals surface area contributed by atoms with Gasteiger partial charge in [-0.1, -0.05) is 59.1 Å². The fraction of sp³-hybridized carbons (Fsp3) is 0.160. The lowest BCUT2D eigenvalue weighted by Gasteiger charge is -2.19. The van der Waals surface area contributed by atoms with Crippen LogP contribution in [0.1, 0.15) is 16.7 Å². The minimum Gasteiger partial charge on any atom is -0.372 e. The van der Waals surface area contributed by atoms with Crippen LogP contribution in [0.15, 0.2) is 70.6 Å². The van der Waals surface area contributed by atoms with Crippen LogP contribution in [0.5, 0.6) is 0 Å². The fourth-order valence-electron chi connectivity index (χ4n) is 3.47. The highest BCUT2D eigenvalue weighted by Crippen LogP contribution is 2.35. The summed E-state index contributed by atoms with van der Waals surface area (Å²) in [4.78, 5) is 7.72. The number of fused-ring (bicyclic) bond motifs is 1. The van der Waals surface area contributed by atoms with Crippen LogP contribution in [0.2, 0.25) is 15.1 Å². The van der Waals surface area contributed by atoms with E-state index in [-0.39, 0.29) is 18.2 Å². The maximum Gasteiger partial charge on any atom is 0.125 e. The first-order valence-electron chi connectivity index (χ1n) is 10.0. The van der Waals surface area contributed by atoms with Gasteiger partial charge in [-0.2, -0.15) is 0 Å². The van der Waals surface area contributed by atoms with E-state index in [1.165, 1.54) is 6.07 Å². The highest BCUT2D eigenvalue weighted by atomic mass is 35.5. The van der Waals surface area contributed by atoms with E-state index in [0.29, 0.717) is 27.4 Å². The van der Waals surface area contributed by atoms with Gasteiger partial charge in [0.05, 0.1) is 27.3 Å². The average Bonchev–Trinajstić information content (AvgIpc) is 2.92. The highest BCUT2D eigenvalue weighted by molar-refractivity contribution is 7.98. The van der Waals surface area contributed by atoms with Gasteiger partial charge in [-0.25, -0.2) is 4.39 Å². The Hall–Kier alpha value is -1.69. The normalized spacial score (nSPS) is 13.4. The van der Waals surface area contributed by atoms with Crippen molar-refractivity contribution in [2.45, 2.75) is 10.6 Å². The highest BCUT2D eigenvalue weighted by Gasteiger charge is 2.16. The first-order chi connectivity index (χ1) is 15.4. The van der Waals surface area contributed by atoms with E-state index in [4.69, 9.17) is 39.8 Å². The Morgan fingerprint density at radius 1 is 1.00 bits per heavy atom. The fourth-order valence-corrected chi connectivity index (χ4v) is 5.13. The van der Waals surface area contributed by atoms with Crippen molar-refractivity contribution in [1.29, 1.82) is 0 Å². The summed E-state index contributed by atoms with van der Waals surface area (Å²) in [5.74, 6) is 0.451. The monoisotopic (exact) mass is 540 g/mol. The topological polar surface area (TPSA) is 15.6 Å². The molecule has 1 aliphatic rings.